The van der Waals surface area contributed by atoms with Crippen molar-refractivity contribution in [2.45, 2.75) is 26.4 Å². The topological polar surface area (TPSA) is 21.7 Å². The number of halogens is 2. The zero-order valence-electron chi connectivity index (χ0n) is 15.5. The Hall–Kier alpha value is -1.49. The van der Waals surface area contributed by atoms with Gasteiger partial charge in [-0.05, 0) is 48.6 Å². The summed E-state index contributed by atoms with van der Waals surface area (Å²) >= 11 is 17.9. The van der Waals surface area contributed by atoms with Crippen LogP contribution in [0.2, 0.25) is 10.0 Å². The number of piperidine rings is 1. The van der Waals surface area contributed by atoms with Crippen molar-refractivity contribution in [3.63, 3.8) is 0 Å². The lowest BCUT2D eigenvalue weighted by Crippen LogP contribution is -2.37. The van der Waals surface area contributed by atoms with Crippen LogP contribution in [0.25, 0.3) is 0 Å². The molecule has 3 nitrogen and oxygen atoms in total. The third-order valence-electron chi connectivity index (χ3n) is 4.87. The number of nitrogens with zero attached hydrogens (tertiary/aromatic N) is 1. The Bertz CT molecular complexity index is 820. The van der Waals surface area contributed by atoms with E-state index in [0.29, 0.717) is 28.2 Å². The summed E-state index contributed by atoms with van der Waals surface area (Å²) < 4.78 is 11.7. The molecule has 0 saturated carbocycles. The molecular weight excluding hydrogens is 401 g/mol. The summed E-state index contributed by atoms with van der Waals surface area (Å²) in [6.45, 7) is 4.59. The van der Waals surface area contributed by atoms with Crippen LogP contribution >= 0.6 is 35.4 Å². The van der Waals surface area contributed by atoms with Gasteiger partial charge in [0.1, 0.15) is 11.6 Å². The number of hydrogen-bond acceptors (Lipinski definition) is 3. The number of rotatable bonds is 5. The van der Waals surface area contributed by atoms with Crippen molar-refractivity contribution >= 4 is 40.4 Å². The Morgan fingerprint density at radius 2 is 1.89 bits per heavy atom. The highest BCUT2D eigenvalue weighted by atomic mass is 35.5. The molecule has 144 valence electrons. The summed E-state index contributed by atoms with van der Waals surface area (Å²) in [5.41, 5.74) is 1.82. The van der Waals surface area contributed by atoms with Crippen molar-refractivity contribution in [1.29, 1.82) is 0 Å². The maximum absolute atomic E-state index is 6.13. The first-order chi connectivity index (χ1) is 13.0. The number of hydrogen-bond donors (Lipinski definition) is 0. The van der Waals surface area contributed by atoms with Gasteiger partial charge in [-0.1, -0.05) is 54.5 Å². The zero-order chi connectivity index (χ0) is 19.4. The summed E-state index contributed by atoms with van der Waals surface area (Å²) in [7, 11) is 1.64. The van der Waals surface area contributed by atoms with Crippen molar-refractivity contribution in [3.8, 4) is 11.5 Å². The van der Waals surface area contributed by atoms with E-state index >= 15 is 0 Å². The molecule has 2 aromatic rings. The van der Waals surface area contributed by atoms with E-state index < -0.39 is 0 Å². The van der Waals surface area contributed by atoms with Gasteiger partial charge in [0.15, 0.2) is 11.5 Å². The lowest BCUT2D eigenvalue weighted by atomic mass is 9.98. The van der Waals surface area contributed by atoms with E-state index in [1.165, 1.54) is 0 Å². The van der Waals surface area contributed by atoms with E-state index in [2.05, 4.69) is 11.8 Å². The summed E-state index contributed by atoms with van der Waals surface area (Å²) in [5.74, 6) is 2.08. The SMILES string of the molecule is COc1cccc(C(=S)N2CCC(C)CC2)c1OCc1ccc(Cl)c(Cl)c1. The van der Waals surface area contributed by atoms with Gasteiger partial charge in [0.05, 0.1) is 22.7 Å². The van der Waals surface area contributed by atoms with Crippen molar-refractivity contribution in [2.24, 2.45) is 5.92 Å². The molecule has 0 spiro atoms. The number of thiocarbonyl (C=S) groups is 1. The fourth-order valence-electron chi connectivity index (χ4n) is 3.16. The number of ether oxygens (including phenoxy) is 2. The van der Waals surface area contributed by atoms with Crippen molar-refractivity contribution < 1.29 is 9.47 Å². The molecule has 0 radical (unpaired) electrons. The lowest BCUT2D eigenvalue weighted by Gasteiger charge is -2.33. The van der Waals surface area contributed by atoms with Crippen LogP contribution in [0.4, 0.5) is 0 Å². The first-order valence-electron chi connectivity index (χ1n) is 9.02. The number of methoxy groups -OCH3 is 1. The van der Waals surface area contributed by atoms with E-state index in [9.17, 15) is 0 Å². The van der Waals surface area contributed by atoms with Crippen molar-refractivity contribution in [3.05, 3.63) is 57.6 Å². The first kappa shape index (κ1) is 20.2. The highest BCUT2D eigenvalue weighted by Gasteiger charge is 2.22. The lowest BCUT2D eigenvalue weighted by molar-refractivity contribution is 0.275. The molecule has 0 N–H and O–H groups in total. The molecule has 0 unspecified atom stereocenters. The second kappa shape index (κ2) is 9.13. The number of likely N-dealkylation sites (tertiary alicyclic amines) is 1. The average Bonchev–Trinajstić information content (AvgIpc) is 2.68. The molecule has 1 saturated heterocycles. The minimum absolute atomic E-state index is 0.351. The van der Waals surface area contributed by atoms with Crippen LogP contribution < -0.4 is 9.47 Å². The number of para-hydroxylation sites is 1. The molecule has 1 aliphatic heterocycles. The third kappa shape index (κ3) is 4.87. The van der Waals surface area contributed by atoms with Crippen LogP contribution in [-0.4, -0.2) is 30.1 Å². The van der Waals surface area contributed by atoms with E-state index in [1.54, 1.807) is 13.2 Å². The summed E-state index contributed by atoms with van der Waals surface area (Å²) in [4.78, 5) is 3.07. The van der Waals surface area contributed by atoms with Gasteiger partial charge in [-0.3, -0.25) is 0 Å². The molecular formula is C21H23Cl2NO2S. The molecule has 1 heterocycles. The maximum atomic E-state index is 6.13. The Morgan fingerprint density at radius 1 is 1.15 bits per heavy atom. The second-order valence-electron chi connectivity index (χ2n) is 6.85. The maximum Gasteiger partial charge on any atom is 0.171 e. The molecule has 0 amide bonds. The van der Waals surface area contributed by atoms with Crippen molar-refractivity contribution in [1.82, 2.24) is 4.90 Å². The zero-order valence-corrected chi connectivity index (χ0v) is 17.8. The van der Waals surface area contributed by atoms with E-state index in [4.69, 9.17) is 44.9 Å². The summed E-state index contributed by atoms with van der Waals surface area (Å²) in [6.07, 6.45) is 2.31. The fourth-order valence-corrected chi connectivity index (χ4v) is 3.82. The largest absolute Gasteiger partial charge is 0.493 e. The molecule has 0 aliphatic carbocycles. The normalized spacial score (nSPS) is 14.9. The molecule has 0 atom stereocenters. The predicted molar refractivity (Wildman–Crippen MR) is 115 cm³/mol. The van der Waals surface area contributed by atoms with Gasteiger partial charge in [-0.2, -0.15) is 0 Å². The van der Waals surface area contributed by atoms with Gasteiger partial charge in [-0.25, -0.2) is 0 Å². The van der Waals surface area contributed by atoms with E-state index in [1.807, 2.05) is 30.3 Å². The Labute approximate surface area is 176 Å². The highest BCUT2D eigenvalue weighted by Crippen LogP contribution is 2.34. The van der Waals surface area contributed by atoms with E-state index in [-0.39, 0.29) is 0 Å². The van der Waals surface area contributed by atoms with Gasteiger partial charge in [-0.15, -0.1) is 0 Å². The van der Waals surface area contributed by atoms with Crippen LogP contribution in [0.1, 0.15) is 30.9 Å². The van der Waals surface area contributed by atoms with Crippen LogP contribution in [0, 0.1) is 5.92 Å². The Balaban J connectivity index is 1.82. The van der Waals surface area contributed by atoms with Crippen LogP contribution in [0.15, 0.2) is 36.4 Å². The molecule has 0 aromatic heterocycles. The van der Waals surface area contributed by atoms with Crippen LogP contribution in [0.5, 0.6) is 11.5 Å². The second-order valence-corrected chi connectivity index (χ2v) is 8.05. The molecule has 3 rings (SSSR count). The molecule has 6 heteroatoms. The first-order valence-corrected chi connectivity index (χ1v) is 10.2. The van der Waals surface area contributed by atoms with Crippen LogP contribution in [0.3, 0.4) is 0 Å². The quantitative estimate of drug-likeness (QED) is 0.550. The van der Waals surface area contributed by atoms with Gasteiger partial charge in [0.25, 0.3) is 0 Å². The van der Waals surface area contributed by atoms with E-state index in [0.717, 1.165) is 48.0 Å². The highest BCUT2D eigenvalue weighted by molar-refractivity contribution is 7.80. The minimum atomic E-state index is 0.351. The predicted octanol–water partition coefficient (Wildman–Crippen LogP) is 5.99. The molecule has 27 heavy (non-hydrogen) atoms. The summed E-state index contributed by atoms with van der Waals surface area (Å²) in [6, 6.07) is 11.3. The van der Waals surface area contributed by atoms with Gasteiger partial charge in [0, 0.05) is 13.1 Å². The fraction of sp³-hybridized carbons (Fsp3) is 0.381. The van der Waals surface area contributed by atoms with Gasteiger partial charge >= 0.3 is 0 Å². The standard InChI is InChI=1S/C21H23Cl2NO2S/c1-14-8-10-24(11-9-14)21(27)16-4-3-5-19(25-2)20(16)26-13-15-6-7-17(22)18(23)12-15/h3-7,12,14H,8-11,13H2,1-2H3. The number of benzene rings is 2. The monoisotopic (exact) mass is 423 g/mol. The molecule has 2 aromatic carbocycles. The molecule has 0 bridgehead atoms. The van der Waals surface area contributed by atoms with Gasteiger partial charge < -0.3 is 14.4 Å². The van der Waals surface area contributed by atoms with Crippen LogP contribution in [-0.2, 0) is 6.61 Å². The Morgan fingerprint density at radius 3 is 2.56 bits per heavy atom. The molecule has 1 fully saturated rings. The average molecular weight is 424 g/mol. The Kier molecular flexibility index (Phi) is 6.85. The molecule has 1 aliphatic rings. The summed E-state index contributed by atoms with van der Waals surface area (Å²) in [5, 5.41) is 1.04. The smallest absolute Gasteiger partial charge is 0.171 e. The third-order valence-corrected chi connectivity index (χ3v) is 6.08. The van der Waals surface area contributed by atoms with Crippen molar-refractivity contribution in [2.75, 3.05) is 20.2 Å². The van der Waals surface area contributed by atoms with Gasteiger partial charge in [0.2, 0.25) is 0 Å². The minimum Gasteiger partial charge on any atom is -0.493 e.